The molecule has 11 heteroatoms. The van der Waals surface area contributed by atoms with E-state index in [1.807, 2.05) is 63.3 Å². The van der Waals surface area contributed by atoms with E-state index in [0.29, 0.717) is 17.6 Å². The molecule has 1 spiro atoms. The molecule has 1 aromatic rings. The summed E-state index contributed by atoms with van der Waals surface area (Å²) in [4.78, 5) is 43.6. The van der Waals surface area contributed by atoms with Gasteiger partial charge in [-0.1, -0.05) is 68.5 Å². The Morgan fingerprint density at radius 2 is 1.83 bits per heavy atom. The van der Waals surface area contributed by atoms with Crippen LogP contribution in [0.25, 0.3) is 0 Å². The van der Waals surface area contributed by atoms with Gasteiger partial charge in [0.25, 0.3) is 0 Å². The van der Waals surface area contributed by atoms with Crippen molar-refractivity contribution >= 4 is 17.9 Å². The average molecular weight is 744 g/mol. The van der Waals surface area contributed by atoms with Crippen LogP contribution in [0.2, 0.25) is 0 Å². The average Bonchev–Trinajstić information content (AvgIpc) is 3.78. The summed E-state index contributed by atoms with van der Waals surface area (Å²) in [5.41, 5.74) is 1.98. The van der Waals surface area contributed by atoms with Gasteiger partial charge >= 0.3 is 17.9 Å². The van der Waals surface area contributed by atoms with Crippen molar-refractivity contribution in [2.75, 3.05) is 46.4 Å². The van der Waals surface area contributed by atoms with Crippen LogP contribution >= 0.6 is 0 Å². The predicted octanol–water partition coefficient (Wildman–Crippen LogP) is 4.16. The lowest BCUT2D eigenvalue weighted by Crippen LogP contribution is -2.66. The van der Waals surface area contributed by atoms with Gasteiger partial charge in [0, 0.05) is 67.5 Å². The van der Waals surface area contributed by atoms with E-state index in [-0.39, 0.29) is 30.1 Å². The van der Waals surface area contributed by atoms with Crippen LogP contribution in [-0.4, -0.2) is 121 Å². The van der Waals surface area contributed by atoms with E-state index in [0.717, 1.165) is 61.4 Å². The molecule has 12 atom stereocenters. The molecule has 5 heterocycles. The molecule has 5 fully saturated rings. The monoisotopic (exact) mass is 743 g/mol. The fourth-order valence-electron chi connectivity index (χ4n) is 10.8. The Bertz CT molecular complexity index is 1760. The van der Waals surface area contributed by atoms with Crippen molar-refractivity contribution in [3.05, 3.63) is 83.0 Å². The molecule has 0 radical (unpaired) electrons. The number of quaternary nitrogens is 1. The number of nitrogens with zero attached hydrogens (tertiary/aromatic N) is 2. The van der Waals surface area contributed by atoms with Crippen LogP contribution < -0.4 is 0 Å². The molecule has 8 aliphatic rings. The van der Waals surface area contributed by atoms with Crippen molar-refractivity contribution in [3.63, 3.8) is 0 Å². The van der Waals surface area contributed by atoms with E-state index in [1.165, 1.54) is 7.11 Å². The first-order valence-electron chi connectivity index (χ1n) is 19.8. The second-order valence-corrected chi connectivity index (χ2v) is 16.9. The topological polar surface area (TPSA) is 121 Å². The first-order valence-corrected chi connectivity index (χ1v) is 19.8. The van der Waals surface area contributed by atoms with E-state index in [1.54, 1.807) is 13.0 Å². The first-order chi connectivity index (χ1) is 25.9. The largest absolute Gasteiger partial charge is 0.456 e. The highest BCUT2D eigenvalue weighted by molar-refractivity contribution is 5.91. The molecule has 1 saturated carbocycles. The Labute approximate surface area is 318 Å². The maximum Gasteiger partial charge on any atom is 0.339 e. The van der Waals surface area contributed by atoms with Crippen LogP contribution in [0.4, 0.5) is 0 Å². The van der Waals surface area contributed by atoms with Gasteiger partial charge in [0.1, 0.15) is 36.6 Å². The fourth-order valence-corrected chi connectivity index (χ4v) is 10.8. The number of methoxy groups -OCH3 is 1. The van der Waals surface area contributed by atoms with Gasteiger partial charge in [-0.3, -0.25) is 4.90 Å². The van der Waals surface area contributed by atoms with Gasteiger partial charge in [-0.15, -0.1) is 0 Å². The van der Waals surface area contributed by atoms with Crippen LogP contribution in [-0.2, 0) is 39.8 Å². The van der Waals surface area contributed by atoms with Gasteiger partial charge in [0.05, 0.1) is 31.3 Å². The van der Waals surface area contributed by atoms with Crippen LogP contribution in [0.1, 0.15) is 56.5 Å². The lowest BCUT2D eigenvalue weighted by atomic mass is 9.57. The van der Waals surface area contributed by atoms with Gasteiger partial charge in [-0.25, -0.2) is 14.4 Å². The standard InChI is InChI=1S/C43H55N2O9/c1-25-22-26(2)43-31(14-15-33-35(43)36(46)27(3)38(39(33)54-43)53-40(47)29-10-6-7-11-29)23-34(50-5)42(49)52-37(25)28(4)51-41(48)32-13-9-8-12-30(32)24-45-19-16-44(17-20-45)18-21-45/h6-10,12-15,22,25,27-28,31,33-39,46H,11,16-21,23-24H2,1-5H3/q+1/b26-22+/t25-,27-,28-,31?,33-,34+,35+,36-,37+,38-,39-,43+/m1/s1. The molecule has 0 amide bonds. The molecular formula is C43H55N2O9+. The smallest absolute Gasteiger partial charge is 0.339 e. The van der Waals surface area contributed by atoms with Gasteiger partial charge in [0.2, 0.25) is 0 Å². The zero-order valence-electron chi connectivity index (χ0n) is 32.1. The maximum atomic E-state index is 14.0. The summed E-state index contributed by atoms with van der Waals surface area (Å²) in [5.74, 6) is -3.05. The summed E-state index contributed by atoms with van der Waals surface area (Å²) in [6.45, 7) is 14.9. The van der Waals surface area contributed by atoms with E-state index < -0.39 is 66.1 Å². The van der Waals surface area contributed by atoms with Crippen LogP contribution in [0.15, 0.2) is 71.9 Å². The molecule has 3 aliphatic carbocycles. The lowest BCUT2D eigenvalue weighted by molar-refractivity contribution is -0.953. The van der Waals surface area contributed by atoms with Crippen LogP contribution in [0.3, 0.4) is 0 Å². The van der Waals surface area contributed by atoms with E-state index in [4.69, 9.17) is 23.7 Å². The maximum absolute atomic E-state index is 14.0. The molecule has 5 aliphatic heterocycles. The number of piperazine rings is 3. The number of rotatable bonds is 8. The Hall–Kier alpha value is -3.61. The van der Waals surface area contributed by atoms with E-state index in [9.17, 15) is 19.5 Å². The summed E-state index contributed by atoms with van der Waals surface area (Å²) in [7, 11) is 1.49. The van der Waals surface area contributed by atoms with Gasteiger partial charge < -0.3 is 33.3 Å². The van der Waals surface area contributed by atoms with Crippen molar-refractivity contribution in [3.8, 4) is 0 Å². The van der Waals surface area contributed by atoms with Crippen molar-refractivity contribution in [1.29, 1.82) is 0 Å². The van der Waals surface area contributed by atoms with Crippen LogP contribution in [0, 0.1) is 29.6 Å². The number of aliphatic hydroxyl groups excluding tert-OH is 1. The minimum Gasteiger partial charge on any atom is -0.456 e. The van der Waals surface area contributed by atoms with Crippen molar-refractivity contribution in [1.82, 2.24) is 4.90 Å². The Kier molecular flexibility index (Phi) is 10.0. The number of carbonyl (C=O) groups is 3. The zero-order valence-corrected chi connectivity index (χ0v) is 32.1. The number of cyclic esters (lactones) is 1. The number of esters is 3. The molecule has 11 nitrogen and oxygen atoms in total. The number of hydrogen-bond donors (Lipinski definition) is 1. The normalized spacial score (nSPS) is 42.3. The molecule has 1 N–H and O–H groups in total. The third-order valence-electron chi connectivity index (χ3n) is 13.8. The Morgan fingerprint density at radius 1 is 1.09 bits per heavy atom. The van der Waals surface area contributed by atoms with Crippen molar-refractivity contribution in [2.24, 2.45) is 29.6 Å². The summed E-state index contributed by atoms with van der Waals surface area (Å²) >= 11 is 0. The highest BCUT2D eigenvalue weighted by atomic mass is 16.6. The molecule has 6 bridgehead atoms. The number of ether oxygens (including phenoxy) is 5. The van der Waals surface area contributed by atoms with E-state index in [2.05, 4.69) is 17.1 Å². The molecule has 9 rings (SSSR count). The van der Waals surface area contributed by atoms with Gasteiger partial charge in [-0.05, 0) is 38.3 Å². The summed E-state index contributed by atoms with van der Waals surface area (Å²) in [6.07, 6.45) is 7.91. The lowest BCUT2D eigenvalue weighted by Gasteiger charge is -2.50. The Morgan fingerprint density at radius 3 is 2.54 bits per heavy atom. The highest BCUT2D eigenvalue weighted by Gasteiger charge is 2.69. The molecular weight excluding hydrogens is 688 g/mol. The van der Waals surface area contributed by atoms with Crippen molar-refractivity contribution in [2.45, 2.75) is 89.3 Å². The van der Waals surface area contributed by atoms with E-state index >= 15 is 0 Å². The molecule has 290 valence electrons. The summed E-state index contributed by atoms with van der Waals surface area (Å²) in [5, 5.41) is 12.1. The SMILES string of the molecule is CO[C@H]1CC2C=C[C@H]3[C@H]4O[C@]2(/C(C)=C/[C@@H](C)[C@@H]([C@@H](C)OC(=O)c2ccccc2C[N+]25CCN(CC2)CC5)OC1=O)[C@@H]3[C@H](O)[C@@H](C)[C@H]4OC(=O)C1=CC=CC1. The first kappa shape index (κ1) is 37.3. The molecule has 1 unspecified atom stereocenters. The Balaban J connectivity index is 1.07. The summed E-state index contributed by atoms with van der Waals surface area (Å²) < 4.78 is 32.5. The summed E-state index contributed by atoms with van der Waals surface area (Å²) in [6, 6.07) is 7.70. The third-order valence-corrected chi connectivity index (χ3v) is 13.8. The quantitative estimate of drug-likeness (QED) is 0.180. The number of carbonyl (C=O) groups excluding carboxylic acids is 3. The highest BCUT2D eigenvalue weighted by Crippen LogP contribution is 2.61. The van der Waals surface area contributed by atoms with Crippen molar-refractivity contribution < 1.29 is 47.7 Å². The number of hydrogen-bond acceptors (Lipinski definition) is 10. The second-order valence-electron chi connectivity index (χ2n) is 16.9. The minimum absolute atomic E-state index is 0.203. The minimum atomic E-state index is -0.994. The molecule has 0 aromatic heterocycles. The predicted molar refractivity (Wildman–Crippen MR) is 199 cm³/mol. The third kappa shape index (κ3) is 6.30. The van der Waals surface area contributed by atoms with Gasteiger partial charge in [-0.2, -0.15) is 0 Å². The second kappa shape index (κ2) is 14.5. The molecule has 4 saturated heterocycles. The fraction of sp³-hybridized carbons (Fsp3) is 0.605. The number of benzene rings is 1. The zero-order chi connectivity index (χ0) is 37.9. The number of aliphatic hydroxyl groups is 1. The van der Waals surface area contributed by atoms with Gasteiger partial charge in [0.15, 0.2) is 6.10 Å². The molecule has 1 aromatic carbocycles. The van der Waals surface area contributed by atoms with Crippen LogP contribution in [0.5, 0.6) is 0 Å². The number of allylic oxidation sites excluding steroid dienone is 3. The number of fused-ring (bicyclic) bond motifs is 3. The molecule has 54 heavy (non-hydrogen) atoms.